The van der Waals surface area contributed by atoms with E-state index in [4.69, 9.17) is 11.6 Å². The van der Waals surface area contributed by atoms with E-state index in [1.807, 2.05) is 12.1 Å². The average Bonchev–Trinajstić information content (AvgIpc) is 2.58. The van der Waals surface area contributed by atoms with Crippen LogP contribution in [0.1, 0.15) is 17.4 Å². The first-order chi connectivity index (χ1) is 7.47. The number of alkyl halides is 4. The molecule has 0 aliphatic carbocycles. The Hall–Kier alpha value is -0.740. The summed E-state index contributed by atoms with van der Waals surface area (Å²) in [7, 11) is 0. The van der Waals surface area contributed by atoms with Crippen molar-refractivity contribution in [2.75, 3.05) is 0 Å². The lowest BCUT2D eigenvalue weighted by Crippen LogP contribution is -2.10. The molecule has 1 aromatic carbocycles. The minimum Gasteiger partial charge on any atom is -0.171 e. The second kappa shape index (κ2) is 4.26. The van der Waals surface area contributed by atoms with Crippen LogP contribution in [0, 0.1) is 0 Å². The topological polar surface area (TPSA) is 0 Å². The summed E-state index contributed by atoms with van der Waals surface area (Å²) in [6.45, 7) is 0. The quantitative estimate of drug-likeness (QED) is 0.659. The third-order valence-corrected chi connectivity index (χ3v) is 3.63. The molecule has 2 aromatic rings. The zero-order valence-electron chi connectivity index (χ0n) is 8.09. The highest BCUT2D eigenvalue weighted by Gasteiger charge is 2.32. The zero-order valence-corrected chi connectivity index (χ0v) is 9.66. The Morgan fingerprint density at radius 2 is 1.94 bits per heavy atom. The van der Waals surface area contributed by atoms with E-state index < -0.39 is 18.0 Å². The van der Waals surface area contributed by atoms with Gasteiger partial charge in [0.1, 0.15) is 0 Å². The van der Waals surface area contributed by atoms with Gasteiger partial charge < -0.3 is 0 Å². The predicted octanol–water partition coefficient (Wildman–Crippen LogP) is 5.13. The SMILES string of the molecule is FC(F)(F)CC(Cl)c1csc2ccccc12. The van der Waals surface area contributed by atoms with Crippen LogP contribution in [0.4, 0.5) is 13.2 Å². The molecule has 1 atom stereocenters. The fourth-order valence-corrected chi connectivity index (χ4v) is 3.00. The summed E-state index contributed by atoms with van der Waals surface area (Å²) in [6.07, 6.45) is -5.22. The molecule has 1 unspecified atom stereocenters. The third kappa shape index (κ3) is 2.50. The van der Waals surface area contributed by atoms with Crippen molar-refractivity contribution in [3.05, 3.63) is 35.2 Å². The van der Waals surface area contributed by atoms with Crippen LogP contribution < -0.4 is 0 Å². The number of rotatable bonds is 2. The van der Waals surface area contributed by atoms with Crippen molar-refractivity contribution in [3.63, 3.8) is 0 Å². The van der Waals surface area contributed by atoms with Gasteiger partial charge in [-0.05, 0) is 22.4 Å². The normalized spacial score (nSPS) is 14.2. The second-order valence-electron chi connectivity index (χ2n) is 3.47. The van der Waals surface area contributed by atoms with E-state index in [-0.39, 0.29) is 0 Å². The van der Waals surface area contributed by atoms with Gasteiger partial charge in [0.05, 0.1) is 11.8 Å². The number of halogens is 4. The number of fused-ring (bicyclic) bond motifs is 1. The standard InChI is InChI=1S/C11H8ClF3S/c12-9(5-11(13,14)15)8-6-16-10-4-2-1-3-7(8)10/h1-4,6,9H,5H2. The molecule has 1 heterocycles. The molecule has 1 aromatic heterocycles. The van der Waals surface area contributed by atoms with E-state index in [1.54, 1.807) is 17.5 Å². The molecule has 86 valence electrons. The molecule has 0 aliphatic rings. The van der Waals surface area contributed by atoms with Crippen LogP contribution in [0.15, 0.2) is 29.6 Å². The molecule has 0 amide bonds. The van der Waals surface area contributed by atoms with Crippen molar-refractivity contribution >= 4 is 33.0 Å². The van der Waals surface area contributed by atoms with Crippen LogP contribution in [0.25, 0.3) is 10.1 Å². The first-order valence-electron chi connectivity index (χ1n) is 4.64. The summed E-state index contributed by atoms with van der Waals surface area (Å²) < 4.78 is 37.6. The van der Waals surface area contributed by atoms with Crippen LogP contribution in [0.5, 0.6) is 0 Å². The maximum absolute atomic E-state index is 12.2. The average molecular weight is 265 g/mol. The molecule has 16 heavy (non-hydrogen) atoms. The highest BCUT2D eigenvalue weighted by Crippen LogP contribution is 2.39. The molecule has 0 spiro atoms. The Morgan fingerprint density at radius 1 is 1.25 bits per heavy atom. The number of hydrogen-bond donors (Lipinski definition) is 0. The van der Waals surface area contributed by atoms with Gasteiger partial charge >= 0.3 is 6.18 Å². The fraction of sp³-hybridized carbons (Fsp3) is 0.273. The molecule has 0 saturated heterocycles. The number of hydrogen-bond acceptors (Lipinski definition) is 1. The van der Waals surface area contributed by atoms with Crippen molar-refractivity contribution in [1.29, 1.82) is 0 Å². The monoisotopic (exact) mass is 264 g/mol. The molecule has 0 nitrogen and oxygen atoms in total. The molecule has 0 bridgehead atoms. The third-order valence-electron chi connectivity index (χ3n) is 2.26. The highest BCUT2D eigenvalue weighted by molar-refractivity contribution is 7.17. The molecule has 0 aliphatic heterocycles. The van der Waals surface area contributed by atoms with E-state index in [1.165, 1.54) is 11.3 Å². The molecule has 2 rings (SSSR count). The Balaban J connectivity index is 2.33. The van der Waals surface area contributed by atoms with Crippen molar-refractivity contribution in [2.24, 2.45) is 0 Å². The summed E-state index contributed by atoms with van der Waals surface area (Å²) in [4.78, 5) is 0. The molecule has 5 heteroatoms. The Morgan fingerprint density at radius 3 is 2.62 bits per heavy atom. The summed E-state index contributed by atoms with van der Waals surface area (Å²) in [6, 6.07) is 7.33. The predicted molar refractivity (Wildman–Crippen MR) is 61.1 cm³/mol. The van der Waals surface area contributed by atoms with Crippen LogP contribution in [0.2, 0.25) is 0 Å². The van der Waals surface area contributed by atoms with E-state index in [0.717, 1.165) is 10.1 Å². The van der Waals surface area contributed by atoms with Gasteiger partial charge in [-0.15, -0.1) is 22.9 Å². The molecule has 0 N–H and O–H groups in total. The first-order valence-corrected chi connectivity index (χ1v) is 5.96. The van der Waals surface area contributed by atoms with Gasteiger partial charge in [-0.1, -0.05) is 18.2 Å². The van der Waals surface area contributed by atoms with Crippen LogP contribution in [-0.2, 0) is 0 Å². The molecular formula is C11H8ClF3S. The molecule has 0 saturated carbocycles. The number of benzene rings is 1. The summed E-state index contributed by atoms with van der Waals surface area (Å²) in [5, 5.41) is 1.52. The van der Waals surface area contributed by atoms with Gasteiger partial charge in [0.25, 0.3) is 0 Å². The zero-order chi connectivity index (χ0) is 11.8. The van der Waals surface area contributed by atoms with E-state index in [2.05, 4.69) is 0 Å². The van der Waals surface area contributed by atoms with Crippen molar-refractivity contribution in [2.45, 2.75) is 18.0 Å². The van der Waals surface area contributed by atoms with Crippen LogP contribution in [0.3, 0.4) is 0 Å². The Labute approximate surface area is 99.6 Å². The van der Waals surface area contributed by atoms with Gasteiger partial charge in [0.15, 0.2) is 0 Å². The van der Waals surface area contributed by atoms with Gasteiger partial charge in [-0.3, -0.25) is 0 Å². The highest BCUT2D eigenvalue weighted by atomic mass is 35.5. The lowest BCUT2D eigenvalue weighted by atomic mass is 10.1. The first kappa shape index (κ1) is 11.7. The Kier molecular flexibility index (Phi) is 3.13. The van der Waals surface area contributed by atoms with Gasteiger partial charge in [0, 0.05) is 4.70 Å². The van der Waals surface area contributed by atoms with Gasteiger partial charge in [-0.2, -0.15) is 13.2 Å². The largest absolute Gasteiger partial charge is 0.390 e. The number of thiophene rings is 1. The van der Waals surface area contributed by atoms with Crippen LogP contribution in [-0.4, -0.2) is 6.18 Å². The molecular weight excluding hydrogens is 257 g/mol. The second-order valence-corrected chi connectivity index (χ2v) is 4.91. The molecule has 0 fully saturated rings. The summed E-state index contributed by atoms with van der Waals surface area (Å²) in [5.41, 5.74) is 0.569. The van der Waals surface area contributed by atoms with Crippen molar-refractivity contribution < 1.29 is 13.2 Å². The van der Waals surface area contributed by atoms with Crippen molar-refractivity contribution in [3.8, 4) is 0 Å². The van der Waals surface area contributed by atoms with Gasteiger partial charge in [-0.25, -0.2) is 0 Å². The molecule has 0 radical (unpaired) electrons. The lowest BCUT2D eigenvalue weighted by Gasteiger charge is -2.11. The fourth-order valence-electron chi connectivity index (χ4n) is 1.55. The lowest BCUT2D eigenvalue weighted by molar-refractivity contribution is -0.134. The maximum atomic E-state index is 12.2. The minimum atomic E-state index is -4.23. The van der Waals surface area contributed by atoms with Gasteiger partial charge in [0.2, 0.25) is 0 Å². The maximum Gasteiger partial charge on any atom is 0.390 e. The summed E-state index contributed by atoms with van der Waals surface area (Å²) in [5.74, 6) is 0. The summed E-state index contributed by atoms with van der Waals surface area (Å²) >= 11 is 7.21. The Bertz CT molecular complexity index is 489. The van der Waals surface area contributed by atoms with Crippen LogP contribution >= 0.6 is 22.9 Å². The van der Waals surface area contributed by atoms with E-state index >= 15 is 0 Å². The smallest absolute Gasteiger partial charge is 0.171 e. The van der Waals surface area contributed by atoms with E-state index in [9.17, 15) is 13.2 Å². The minimum absolute atomic E-state index is 0.569. The van der Waals surface area contributed by atoms with Crippen molar-refractivity contribution in [1.82, 2.24) is 0 Å². The van der Waals surface area contributed by atoms with E-state index in [0.29, 0.717) is 5.56 Å².